The SMILES string of the molecule is COc1c(OCCN(C)C)ccc2c1N=C(NC(=O)Oc1sc(C)nc1C)N1CCN=C21. The molecule has 1 aromatic carbocycles. The van der Waals surface area contributed by atoms with Gasteiger partial charge in [0.15, 0.2) is 11.5 Å². The molecule has 0 radical (unpaired) electrons. The van der Waals surface area contributed by atoms with Crippen molar-refractivity contribution in [1.82, 2.24) is 20.1 Å². The molecule has 0 spiro atoms. The summed E-state index contributed by atoms with van der Waals surface area (Å²) in [7, 11) is 5.54. The molecule has 10 nitrogen and oxygen atoms in total. The lowest BCUT2D eigenvalue weighted by molar-refractivity contribution is 0.206. The van der Waals surface area contributed by atoms with Crippen LogP contribution in [0.3, 0.4) is 0 Å². The minimum atomic E-state index is -0.637. The molecule has 0 atom stereocenters. The number of fused-ring (bicyclic) bond motifs is 3. The number of thiazole rings is 1. The van der Waals surface area contributed by atoms with Crippen molar-refractivity contribution in [2.75, 3.05) is 47.4 Å². The fraction of sp³-hybridized carbons (Fsp3) is 0.429. The molecule has 0 aliphatic carbocycles. The van der Waals surface area contributed by atoms with E-state index >= 15 is 0 Å². The average Bonchev–Trinajstić information content (AvgIpc) is 3.34. The smallest absolute Gasteiger partial charge is 0.420 e. The zero-order valence-electron chi connectivity index (χ0n) is 18.8. The lowest BCUT2D eigenvalue weighted by atomic mass is 10.1. The highest BCUT2D eigenvalue weighted by Crippen LogP contribution is 2.43. The normalized spacial score (nSPS) is 14.5. The van der Waals surface area contributed by atoms with Gasteiger partial charge in [-0.1, -0.05) is 11.3 Å². The standard InChI is InChI=1S/C21H26N6O4S/c1-12-19(32-13(2)23-12)31-21(28)25-20-24-16-14(18-22-8-9-27(18)20)6-7-15(17(16)29-5)30-11-10-26(3)4/h6-7H,8-11H2,1-5H3,(H,24,25,28). The van der Waals surface area contributed by atoms with Crippen LogP contribution in [0.25, 0.3) is 0 Å². The molecule has 2 aliphatic rings. The molecule has 32 heavy (non-hydrogen) atoms. The molecule has 11 heteroatoms. The first kappa shape index (κ1) is 22.0. The van der Waals surface area contributed by atoms with Crippen molar-refractivity contribution >= 4 is 34.9 Å². The number of aliphatic imine (C=N–C) groups is 2. The third kappa shape index (κ3) is 4.39. The second-order valence-electron chi connectivity index (χ2n) is 7.56. The van der Waals surface area contributed by atoms with Gasteiger partial charge in [-0.05, 0) is 40.1 Å². The Morgan fingerprint density at radius 1 is 1.31 bits per heavy atom. The minimum Gasteiger partial charge on any atom is -0.491 e. The number of carbonyl (C=O) groups excluding carboxylic acids is 1. The van der Waals surface area contributed by atoms with Gasteiger partial charge in [-0.3, -0.25) is 15.2 Å². The third-order valence-corrected chi connectivity index (χ3v) is 5.86. The summed E-state index contributed by atoms with van der Waals surface area (Å²) in [6, 6.07) is 3.78. The van der Waals surface area contributed by atoms with Crippen molar-refractivity contribution in [3.8, 4) is 16.6 Å². The Bertz CT molecular complexity index is 1090. The van der Waals surface area contributed by atoms with Crippen LogP contribution in [-0.2, 0) is 0 Å². The Kier molecular flexibility index (Phi) is 6.28. The van der Waals surface area contributed by atoms with E-state index < -0.39 is 6.09 Å². The molecule has 3 heterocycles. The number of guanidine groups is 1. The van der Waals surface area contributed by atoms with E-state index in [0.29, 0.717) is 53.6 Å². The summed E-state index contributed by atoms with van der Waals surface area (Å²) in [5.41, 5.74) is 2.06. The number of ether oxygens (including phenoxy) is 3. The zero-order valence-corrected chi connectivity index (χ0v) is 19.6. The highest BCUT2D eigenvalue weighted by molar-refractivity contribution is 7.13. The molecule has 1 N–H and O–H groups in total. The predicted octanol–water partition coefficient (Wildman–Crippen LogP) is 2.56. The fourth-order valence-electron chi connectivity index (χ4n) is 3.45. The second-order valence-corrected chi connectivity index (χ2v) is 8.72. The van der Waals surface area contributed by atoms with Crippen molar-refractivity contribution in [1.29, 1.82) is 0 Å². The maximum atomic E-state index is 12.6. The molecule has 0 saturated heterocycles. The Labute approximate surface area is 190 Å². The van der Waals surface area contributed by atoms with Crippen molar-refractivity contribution in [2.45, 2.75) is 13.8 Å². The molecule has 0 fully saturated rings. The summed E-state index contributed by atoms with van der Waals surface area (Å²) in [6.07, 6.45) is -0.637. The van der Waals surface area contributed by atoms with Crippen LogP contribution in [0.5, 0.6) is 16.6 Å². The van der Waals surface area contributed by atoms with Crippen LogP contribution >= 0.6 is 11.3 Å². The Hall–Kier alpha value is -3.18. The van der Waals surface area contributed by atoms with E-state index in [2.05, 4.69) is 15.3 Å². The van der Waals surface area contributed by atoms with E-state index in [1.54, 1.807) is 14.0 Å². The van der Waals surface area contributed by atoms with Crippen molar-refractivity contribution in [3.63, 3.8) is 0 Å². The second kappa shape index (κ2) is 9.13. The van der Waals surface area contributed by atoms with E-state index in [4.69, 9.17) is 19.2 Å². The van der Waals surface area contributed by atoms with Crippen LogP contribution in [0.1, 0.15) is 16.3 Å². The highest BCUT2D eigenvalue weighted by atomic mass is 32.1. The molecule has 170 valence electrons. The Balaban J connectivity index is 1.62. The van der Waals surface area contributed by atoms with Crippen LogP contribution < -0.4 is 19.5 Å². The van der Waals surface area contributed by atoms with Gasteiger partial charge in [0.05, 0.1) is 24.4 Å². The lowest BCUT2D eigenvalue weighted by Crippen LogP contribution is -2.48. The third-order valence-electron chi connectivity index (χ3n) is 4.91. The van der Waals surface area contributed by atoms with E-state index in [1.807, 2.05) is 43.0 Å². The number of amides is 1. The maximum Gasteiger partial charge on any atom is 0.420 e. The molecule has 0 bridgehead atoms. The van der Waals surface area contributed by atoms with Gasteiger partial charge in [-0.15, -0.1) is 0 Å². The average molecular weight is 459 g/mol. The highest BCUT2D eigenvalue weighted by Gasteiger charge is 2.33. The van der Waals surface area contributed by atoms with E-state index in [1.165, 1.54) is 11.3 Å². The van der Waals surface area contributed by atoms with Gasteiger partial charge in [0.25, 0.3) is 0 Å². The fourth-order valence-corrected chi connectivity index (χ4v) is 4.21. The maximum absolute atomic E-state index is 12.6. The number of carbonyl (C=O) groups is 1. The van der Waals surface area contributed by atoms with Crippen LogP contribution in [0.2, 0.25) is 0 Å². The quantitative estimate of drug-likeness (QED) is 0.710. The summed E-state index contributed by atoms with van der Waals surface area (Å²) in [5.74, 6) is 2.15. The first-order chi connectivity index (χ1) is 15.4. The topological polar surface area (TPSA) is 101 Å². The lowest BCUT2D eigenvalue weighted by Gasteiger charge is -2.28. The largest absolute Gasteiger partial charge is 0.491 e. The number of hydrogen-bond donors (Lipinski definition) is 1. The number of hydrogen-bond acceptors (Lipinski definition) is 10. The molecule has 0 unspecified atom stereocenters. The summed E-state index contributed by atoms with van der Waals surface area (Å²) >= 11 is 1.32. The number of aromatic nitrogens is 1. The molecule has 2 aliphatic heterocycles. The van der Waals surface area contributed by atoms with E-state index in [0.717, 1.165) is 23.0 Å². The summed E-state index contributed by atoms with van der Waals surface area (Å²) in [5, 5.41) is 4.04. The summed E-state index contributed by atoms with van der Waals surface area (Å²) in [6.45, 7) is 6.14. The Morgan fingerprint density at radius 3 is 2.81 bits per heavy atom. The molecule has 4 rings (SSSR count). The van der Waals surface area contributed by atoms with Crippen molar-refractivity contribution < 1.29 is 19.0 Å². The number of likely N-dealkylation sites (N-methyl/N-ethyl adjacent to an activating group) is 1. The van der Waals surface area contributed by atoms with E-state index in [-0.39, 0.29) is 0 Å². The predicted molar refractivity (Wildman–Crippen MR) is 123 cm³/mol. The van der Waals surface area contributed by atoms with E-state index in [9.17, 15) is 4.79 Å². The molecule has 2 aromatic rings. The molecule has 1 amide bonds. The zero-order chi connectivity index (χ0) is 22.8. The number of aryl methyl sites for hydroxylation is 2. The number of benzene rings is 1. The van der Waals surface area contributed by atoms with Gasteiger partial charge in [0.2, 0.25) is 11.0 Å². The monoisotopic (exact) mass is 458 g/mol. The van der Waals surface area contributed by atoms with Gasteiger partial charge in [0, 0.05) is 18.7 Å². The first-order valence-corrected chi connectivity index (χ1v) is 11.0. The summed E-state index contributed by atoms with van der Waals surface area (Å²) in [4.78, 5) is 30.1. The number of methoxy groups -OCH3 is 1. The molecular formula is C21H26N6O4S. The van der Waals surface area contributed by atoms with Crippen LogP contribution in [0, 0.1) is 13.8 Å². The van der Waals surface area contributed by atoms with Gasteiger partial charge >= 0.3 is 6.09 Å². The molecule has 1 aromatic heterocycles. The number of nitrogens with one attached hydrogen (secondary N) is 1. The number of rotatable bonds is 6. The molecular weight excluding hydrogens is 432 g/mol. The van der Waals surface area contributed by atoms with Crippen molar-refractivity contribution in [2.24, 2.45) is 9.98 Å². The number of nitrogens with zero attached hydrogens (tertiary/aromatic N) is 5. The molecule has 0 saturated carbocycles. The van der Waals surface area contributed by atoms with Gasteiger partial charge in [-0.25, -0.2) is 14.8 Å². The van der Waals surface area contributed by atoms with Gasteiger partial charge in [-0.2, -0.15) is 0 Å². The van der Waals surface area contributed by atoms with Crippen LogP contribution in [-0.4, -0.2) is 80.1 Å². The van der Waals surface area contributed by atoms with Crippen molar-refractivity contribution in [3.05, 3.63) is 28.4 Å². The number of amidine groups is 1. The van der Waals surface area contributed by atoms with Gasteiger partial charge in [0.1, 0.15) is 18.1 Å². The first-order valence-electron chi connectivity index (χ1n) is 10.2. The minimum absolute atomic E-state index is 0.335. The van der Waals surface area contributed by atoms with Crippen LogP contribution in [0.4, 0.5) is 10.5 Å². The summed E-state index contributed by atoms with van der Waals surface area (Å²) < 4.78 is 17.0. The Morgan fingerprint density at radius 2 is 2.12 bits per heavy atom. The van der Waals surface area contributed by atoms with Crippen LogP contribution in [0.15, 0.2) is 22.1 Å². The van der Waals surface area contributed by atoms with Gasteiger partial charge < -0.3 is 19.1 Å².